The second-order valence-electron chi connectivity index (χ2n) is 5.63. The molecule has 0 bridgehead atoms. The maximum absolute atomic E-state index is 12.4. The number of rotatable bonds is 6. The van der Waals surface area contributed by atoms with Crippen LogP contribution in [0.4, 0.5) is 4.79 Å². The van der Waals surface area contributed by atoms with Crippen molar-refractivity contribution < 1.29 is 19.1 Å². The Bertz CT molecular complexity index is 922. The standard InChI is InChI=1S/C18H18N4O4S/c1-2-19-17(25)21-16(24)15(12-6-4-3-5-7-12)26-14(23)10-13-11-22-8-9-27-18(22)20-13/h3-9,11,15H,2,10H2,1H3,(H2,19,21,24,25)/t15-/m1/s1. The summed E-state index contributed by atoms with van der Waals surface area (Å²) in [5, 5.41) is 6.54. The van der Waals surface area contributed by atoms with E-state index in [2.05, 4.69) is 15.6 Å². The number of imidazole rings is 1. The maximum Gasteiger partial charge on any atom is 0.321 e. The zero-order chi connectivity index (χ0) is 19.2. The van der Waals surface area contributed by atoms with Crippen molar-refractivity contribution in [2.75, 3.05) is 6.54 Å². The minimum Gasteiger partial charge on any atom is -0.447 e. The molecule has 3 aromatic rings. The van der Waals surface area contributed by atoms with Gasteiger partial charge in [0.05, 0.1) is 12.1 Å². The lowest BCUT2D eigenvalue weighted by Crippen LogP contribution is -2.42. The van der Waals surface area contributed by atoms with Crippen LogP contribution in [0.15, 0.2) is 48.1 Å². The number of hydrogen-bond donors (Lipinski definition) is 2. The minimum atomic E-state index is -1.23. The Morgan fingerprint density at radius 1 is 1.26 bits per heavy atom. The van der Waals surface area contributed by atoms with Crippen LogP contribution >= 0.6 is 11.3 Å². The van der Waals surface area contributed by atoms with Crippen LogP contribution in [0.1, 0.15) is 24.3 Å². The van der Waals surface area contributed by atoms with Crippen molar-refractivity contribution in [2.24, 2.45) is 0 Å². The van der Waals surface area contributed by atoms with Crippen molar-refractivity contribution in [1.29, 1.82) is 0 Å². The van der Waals surface area contributed by atoms with Crippen molar-refractivity contribution in [3.05, 3.63) is 59.4 Å². The first-order valence-corrected chi connectivity index (χ1v) is 9.19. The van der Waals surface area contributed by atoms with Crippen LogP contribution in [0.5, 0.6) is 0 Å². The fraction of sp³-hybridized carbons (Fsp3) is 0.222. The zero-order valence-corrected chi connectivity index (χ0v) is 15.4. The van der Waals surface area contributed by atoms with Gasteiger partial charge in [0.1, 0.15) is 0 Å². The summed E-state index contributed by atoms with van der Waals surface area (Å²) in [6, 6.07) is 7.89. The first-order chi connectivity index (χ1) is 13.1. The molecule has 2 aromatic heterocycles. The summed E-state index contributed by atoms with van der Waals surface area (Å²) in [7, 11) is 0. The monoisotopic (exact) mass is 386 g/mol. The lowest BCUT2D eigenvalue weighted by atomic mass is 10.1. The van der Waals surface area contributed by atoms with Gasteiger partial charge >= 0.3 is 12.0 Å². The number of carbonyl (C=O) groups excluding carboxylic acids is 3. The van der Waals surface area contributed by atoms with E-state index in [1.54, 1.807) is 43.5 Å². The number of ether oxygens (including phenoxy) is 1. The van der Waals surface area contributed by atoms with Crippen LogP contribution in [0.3, 0.4) is 0 Å². The Hall–Kier alpha value is -3.20. The van der Waals surface area contributed by atoms with Crippen molar-refractivity contribution in [3.8, 4) is 0 Å². The summed E-state index contributed by atoms with van der Waals surface area (Å²) in [4.78, 5) is 41.5. The van der Waals surface area contributed by atoms with Crippen LogP contribution in [0.2, 0.25) is 0 Å². The molecule has 140 valence electrons. The number of nitrogens with one attached hydrogen (secondary N) is 2. The molecule has 0 spiro atoms. The van der Waals surface area contributed by atoms with Crippen molar-refractivity contribution in [2.45, 2.75) is 19.4 Å². The Morgan fingerprint density at radius 2 is 2.04 bits per heavy atom. The highest BCUT2D eigenvalue weighted by Gasteiger charge is 2.26. The number of carbonyl (C=O) groups is 3. The Kier molecular flexibility index (Phi) is 5.82. The van der Waals surface area contributed by atoms with Gasteiger partial charge in [0.25, 0.3) is 5.91 Å². The van der Waals surface area contributed by atoms with Crippen molar-refractivity contribution >= 4 is 34.2 Å². The van der Waals surface area contributed by atoms with Crippen LogP contribution in [-0.2, 0) is 20.7 Å². The van der Waals surface area contributed by atoms with Gasteiger partial charge in [-0.15, -0.1) is 11.3 Å². The molecule has 1 atom stereocenters. The average Bonchev–Trinajstić information content (AvgIpc) is 3.22. The SMILES string of the molecule is CCNC(=O)NC(=O)[C@H](OC(=O)Cc1cn2ccsc2n1)c1ccccc1. The fourth-order valence-electron chi connectivity index (χ4n) is 2.47. The summed E-state index contributed by atoms with van der Waals surface area (Å²) in [5.41, 5.74) is 1.02. The predicted molar refractivity (Wildman–Crippen MR) is 99.3 cm³/mol. The summed E-state index contributed by atoms with van der Waals surface area (Å²) >= 11 is 1.45. The molecule has 1 aromatic carbocycles. The highest BCUT2D eigenvalue weighted by atomic mass is 32.1. The molecule has 0 aliphatic carbocycles. The second kappa shape index (κ2) is 8.45. The molecule has 0 saturated carbocycles. The van der Waals surface area contributed by atoms with Gasteiger partial charge in [-0.05, 0) is 6.92 Å². The number of benzene rings is 1. The van der Waals surface area contributed by atoms with E-state index >= 15 is 0 Å². The third-order valence-electron chi connectivity index (χ3n) is 3.63. The smallest absolute Gasteiger partial charge is 0.321 e. The lowest BCUT2D eigenvalue weighted by Gasteiger charge is -2.17. The highest BCUT2D eigenvalue weighted by molar-refractivity contribution is 7.15. The first-order valence-electron chi connectivity index (χ1n) is 8.31. The Balaban J connectivity index is 1.71. The van der Waals surface area contributed by atoms with Gasteiger partial charge in [-0.1, -0.05) is 30.3 Å². The van der Waals surface area contributed by atoms with Gasteiger partial charge in [0.2, 0.25) is 6.10 Å². The summed E-state index contributed by atoms with van der Waals surface area (Å²) in [5.74, 6) is -1.33. The fourth-order valence-corrected chi connectivity index (χ4v) is 3.18. The highest BCUT2D eigenvalue weighted by Crippen LogP contribution is 2.19. The molecule has 2 N–H and O–H groups in total. The molecule has 0 saturated heterocycles. The van der Waals surface area contributed by atoms with E-state index in [-0.39, 0.29) is 6.42 Å². The van der Waals surface area contributed by atoms with Gasteiger partial charge in [0.15, 0.2) is 4.96 Å². The first kappa shape index (κ1) is 18.6. The van der Waals surface area contributed by atoms with E-state index in [1.807, 2.05) is 16.0 Å². The molecule has 0 unspecified atom stereocenters. The van der Waals surface area contributed by atoms with E-state index in [0.717, 1.165) is 4.96 Å². The van der Waals surface area contributed by atoms with Crippen LogP contribution < -0.4 is 10.6 Å². The summed E-state index contributed by atoms with van der Waals surface area (Å²) in [6.07, 6.45) is 2.27. The molecule has 8 nitrogen and oxygen atoms in total. The molecule has 0 aliphatic heterocycles. The number of aromatic nitrogens is 2. The Labute approximate surface area is 159 Å². The quantitative estimate of drug-likeness (QED) is 0.632. The third-order valence-corrected chi connectivity index (χ3v) is 4.40. The molecule has 0 radical (unpaired) electrons. The van der Waals surface area contributed by atoms with Gasteiger partial charge in [0, 0.05) is 29.9 Å². The number of fused-ring (bicyclic) bond motifs is 1. The topological polar surface area (TPSA) is 102 Å². The number of urea groups is 1. The lowest BCUT2D eigenvalue weighted by molar-refractivity contribution is -0.155. The largest absolute Gasteiger partial charge is 0.447 e. The molecular formula is C18H18N4O4S. The summed E-state index contributed by atoms with van der Waals surface area (Å²) < 4.78 is 7.19. The number of imide groups is 1. The third kappa shape index (κ3) is 4.70. The van der Waals surface area contributed by atoms with E-state index in [1.165, 1.54) is 11.3 Å². The van der Waals surface area contributed by atoms with Crippen LogP contribution in [0, 0.1) is 0 Å². The van der Waals surface area contributed by atoms with Gasteiger partial charge in [-0.2, -0.15) is 0 Å². The van der Waals surface area contributed by atoms with Gasteiger partial charge < -0.3 is 10.1 Å². The van der Waals surface area contributed by atoms with E-state index in [0.29, 0.717) is 17.8 Å². The van der Waals surface area contributed by atoms with Gasteiger partial charge in [-0.25, -0.2) is 9.78 Å². The molecular weight excluding hydrogens is 368 g/mol. The zero-order valence-electron chi connectivity index (χ0n) is 14.5. The van der Waals surface area contributed by atoms with E-state index in [9.17, 15) is 14.4 Å². The number of nitrogens with zero attached hydrogens (tertiary/aromatic N) is 2. The van der Waals surface area contributed by atoms with Crippen molar-refractivity contribution in [3.63, 3.8) is 0 Å². The van der Waals surface area contributed by atoms with Crippen molar-refractivity contribution in [1.82, 2.24) is 20.0 Å². The average molecular weight is 386 g/mol. The molecule has 2 heterocycles. The Morgan fingerprint density at radius 3 is 2.74 bits per heavy atom. The number of thiazole rings is 1. The second-order valence-corrected chi connectivity index (χ2v) is 6.50. The van der Waals surface area contributed by atoms with Crippen LogP contribution in [-0.4, -0.2) is 33.8 Å². The number of esters is 1. The maximum atomic E-state index is 12.4. The van der Waals surface area contributed by atoms with Crippen LogP contribution in [0.25, 0.3) is 4.96 Å². The van der Waals surface area contributed by atoms with E-state index in [4.69, 9.17) is 4.74 Å². The molecule has 3 amide bonds. The number of hydrogen-bond acceptors (Lipinski definition) is 6. The molecule has 3 rings (SSSR count). The van der Waals surface area contributed by atoms with Gasteiger partial charge in [-0.3, -0.25) is 19.3 Å². The normalized spacial score (nSPS) is 11.7. The molecule has 9 heteroatoms. The van der Waals surface area contributed by atoms with E-state index < -0.39 is 24.0 Å². The minimum absolute atomic E-state index is 0.0772. The number of amides is 3. The predicted octanol–water partition coefficient (Wildman–Crippen LogP) is 2.07. The molecule has 0 fully saturated rings. The molecule has 27 heavy (non-hydrogen) atoms. The summed E-state index contributed by atoms with van der Waals surface area (Å²) in [6.45, 7) is 2.10. The molecule has 0 aliphatic rings.